The van der Waals surface area contributed by atoms with Crippen molar-refractivity contribution in [3.05, 3.63) is 11.4 Å². The minimum absolute atomic E-state index is 0. The second kappa shape index (κ2) is 4.26. The van der Waals surface area contributed by atoms with E-state index in [2.05, 4.69) is 5.10 Å². The summed E-state index contributed by atoms with van der Waals surface area (Å²) in [7, 11) is -2.09. The molecule has 14 heavy (non-hydrogen) atoms. The largest absolute Gasteiger partial charge is 0.325 e. The molecule has 1 rings (SSSR count). The van der Waals surface area contributed by atoms with E-state index in [1.54, 1.807) is 14.0 Å². The first-order valence-electron chi connectivity index (χ1n) is 3.63. The molecule has 0 amide bonds. The van der Waals surface area contributed by atoms with Gasteiger partial charge < -0.3 is 5.73 Å². The Labute approximate surface area is 88.7 Å². The highest BCUT2D eigenvalue weighted by Crippen LogP contribution is 2.16. The smallest absolute Gasteiger partial charge is 0.241 e. The van der Waals surface area contributed by atoms with Crippen molar-refractivity contribution in [2.24, 2.45) is 17.9 Å². The molecular formula is C6H13ClN4O2S. The van der Waals surface area contributed by atoms with Gasteiger partial charge in [0.2, 0.25) is 10.0 Å². The van der Waals surface area contributed by atoms with Crippen LogP contribution >= 0.6 is 12.4 Å². The van der Waals surface area contributed by atoms with Gasteiger partial charge in [0.1, 0.15) is 4.90 Å². The number of rotatable bonds is 2. The molecule has 0 bridgehead atoms. The van der Waals surface area contributed by atoms with Crippen molar-refractivity contribution < 1.29 is 8.42 Å². The molecule has 4 N–H and O–H groups in total. The van der Waals surface area contributed by atoms with Crippen LogP contribution in [0.25, 0.3) is 0 Å². The van der Waals surface area contributed by atoms with E-state index < -0.39 is 10.0 Å². The van der Waals surface area contributed by atoms with Crippen molar-refractivity contribution in [2.45, 2.75) is 18.4 Å². The van der Waals surface area contributed by atoms with Gasteiger partial charge in [-0.05, 0) is 6.92 Å². The molecule has 0 aliphatic carbocycles. The fourth-order valence-electron chi connectivity index (χ4n) is 1.28. The molecule has 0 aromatic carbocycles. The van der Waals surface area contributed by atoms with Gasteiger partial charge in [-0.3, -0.25) is 4.68 Å². The fraction of sp³-hybridized carbons (Fsp3) is 0.500. The molecule has 8 heteroatoms. The van der Waals surface area contributed by atoms with Crippen LogP contribution in [0.2, 0.25) is 0 Å². The number of primary sulfonamides is 1. The van der Waals surface area contributed by atoms with E-state index in [1.807, 2.05) is 0 Å². The van der Waals surface area contributed by atoms with Gasteiger partial charge in [0, 0.05) is 13.6 Å². The van der Waals surface area contributed by atoms with Crippen LogP contribution < -0.4 is 10.9 Å². The average Bonchev–Trinajstić information content (AvgIpc) is 2.23. The summed E-state index contributed by atoms with van der Waals surface area (Å²) in [5, 5.41) is 8.94. The first-order chi connectivity index (χ1) is 5.88. The van der Waals surface area contributed by atoms with E-state index in [-0.39, 0.29) is 23.8 Å². The van der Waals surface area contributed by atoms with Crippen LogP contribution in [-0.2, 0) is 23.6 Å². The summed E-state index contributed by atoms with van der Waals surface area (Å²) in [5.41, 5.74) is 6.19. The summed E-state index contributed by atoms with van der Waals surface area (Å²) >= 11 is 0. The van der Waals surface area contributed by atoms with Crippen molar-refractivity contribution in [3.8, 4) is 0 Å². The number of halogens is 1. The zero-order valence-electron chi connectivity index (χ0n) is 7.89. The number of sulfonamides is 1. The normalized spacial score (nSPS) is 11.1. The quantitative estimate of drug-likeness (QED) is 0.710. The Balaban J connectivity index is 0.00000169. The SMILES string of the molecule is Cc1nn(C)c(CN)c1S(N)(=O)=O.Cl. The maximum atomic E-state index is 11.1. The lowest BCUT2D eigenvalue weighted by atomic mass is 10.4. The second-order valence-corrected chi connectivity index (χ2v) is 4.23. The van der Waals surface area contributed by atoms with Crippen molar-refractivity contribution in [2.75, 3.05) is 0 Å². The fourth-order valence-corrected chi connectivity index (χ4v) is 2.28. The second-order valence-electron chi connectivity index (χ2n) is 2.73. The predicted molar refractivity (Wildman–Crippen MR) is 54.5 cm³/mol. The van der Waals surface area contributed by atoms with Crippen LogP contribution in [0.15, 0.2) is 4.90 Å². The Kier molecular flexibility index (Phi) is 4.07. The van der Waals surface area contributed by atoms with Gasteiger partial charge >= 0.3 is 0 Å². The molecule has 6 nitrogen and oxygen atoms in total. The van der Waals surface area contributed by atoms with E-state index >= 15 is 0 Å². The highest BCUT2D eigenvalue weighted by atomic mass is 35.5. The van der Waals surface area contributed by atoms with Gasteiger partial charge in [-0.25, -0.2) is 13.6 Å². The predicted octanol–water partition coefficient (Wildman–Crippen LogP) is -0.744. The minimum Gasteiger partial charge on any atom is -0.325 e. The van der Waals surface area contributed by atoms with E-state index in [1.165, 1.54) is 4.68 Å². The molecular weight excluding hydrogens is 228 g/mol. The number of aromatic nitrogens is 2. The Morgan fingerprint density at radius 3 is 2.29 bits per heavy atom. The summed E-state index contributed by atoms with van der Waals surface area (Å²) < 4.78 is 23.7. The standard InChI is InChI=1S/C6H12N4O2S.ClH/c1-4-6(13(8,11)12)5(3-7)10(2)9-4;/h3,7H2,1-2H3,(H2,8,11,12);1H. The summed E-state index contributed by atoms with van der Waals surface area (Å²) in [6.07, 6.45) is 0. The zero-order valence-corrected chi connectivity index (χ0v) is 9.52. The zero-order chi connectivity index (χ0) is 10.2. The first-order valence-corrected chi connectivity index (χ1v) is 5.18. The van der Waals surface area contributed by atoms with Crippen LogP contribution in [0.4, 0.5) is 0 Å². The van der Waals surface area contributed by atoms with Crippen molar-refractivity contribution in [3.63, 3.8) is 0 Å². The number of aryl methyl sites for hydroxylation is 2. The average molecular weight is 241 g/mol. The molecule has 0 unspecified atom stereocenters. The van der Waals surface area contributed by atoms with Gasteiger partial charge in [0.25, 0.3) is 0 Å². The van der Waals surface area contributed by atoms with E-state index in [0.29, 0.717) is 11.4 Å². The van der Waals surface area contributed by atoms with Crippen LogP contribution in [0, 0.1) is 6.92 Å². The summed E-state index contributed by atoms with van der Waals surface area (Å²) in [6, 6.07) is 0. The maximum Gasteiger partial charge on any atom is 0.241 e. The molecule has 0 aliphatic rings. The molecule has 1 aromatic heterocycles. The summed E-state index contributed by atoms with van der Waals surface area (Å²) in [4.78, 5) is 0.0394. The van der Waals surface area contributed by atoms with E-state index in [0.717, 1.165) is 0 Å². The van der Waals surface area contributed by atoms with Gasteiger partial charge in [0.05, 0.1) is 11.4 Å². The molecule has 0 radical (unpaired) electrons. The van der Waals surface area contributed by atoms with Crippen LogP contribution in [-0.4, -0.2) is 18.2 Å². The Hall–Kier alpha value is -0.630. The van der Waals surface area contributed by atoms with E-state index in [4.69, 9.17) is 10.9 Å². The molecule has 1 aromatic rings. The summed E-state index contributed by atoms with van der Waals surface area (Å²) in [6.45, 7) is 1.68. The third-order valence-electron chi connectivity index (χ3n) is 1.76. The summed E-state index contributed by atoms with van der Waals surface area (Å²) in [5.74, 6) is 0. The third kappa shape index (κ3) is 2.24. The maximum absolute atomic E-state index is 11.1. The Morgan fingerprint density at radius 1 is 1.50 bits per heavy atom. The first kappa shape index (κ1) is 13.4. The lowest BCUT2D eigenvalue weighted by Gasteiger charge is -2.00. The molecule has 0 aliphatic heterocycles. The molecule has 0 saturated carbocycles. The Morgan fingerprint density at radius 2 is 2.00 bits per heavy atom. The van der Waals surface area contributed by atoms with Crippen LogP contribution in [0.5, 0.6) is 0 Å². The van der Waals surface area contributed by atoms with E-state index in [9.17, 15) is 8.42 Å². The molecule has 0 atom stereocenters. The van der Waals surface area contributed by atoms with Crippen molar-refractivity contribution >= 4 is 22.4 Å². The van der Waals surface area contributed by atoms with Crippen LogP contribution in [0.1, 0.15) is 11.4 Å². The number of nitrogens with two attached hydrogens (primary N) is 2. The van der Waals surface area contributed by atoms with Crippen LogP contribution in [0.3, 0.4) is 0 Å². The molecule has 0 fully saturated rings. The molecule has 0 spiro atoms. The topological polar surface area (TPSA) is 104 Å². The van der Waals surface area contributed by atoms with Gasteiger partial charge in [-0.2, -0.15) is 5.10 Å². The molecule has 82 valence electrons. The molecule has 1 heterocycles. The van der Waals surface area contributed by atoms with Crippen molar-refractivity contribution in [1.82, 2.24) is 9.78 Å². The lowest BCUT2D eigenvalue weighted by Crippen LogP contribution is -2.17. The van der Waals surface area contributed by atoms with Gasteiger partial charge in [-0.1, -0.05) is 0 Å². The molecule has 0 saturated heterocycles. The number of hydrogen-bond donors (Lipinski definition) is 2. The highest BCUT2D eigenvalue weighted by molar-refractivity contribution is 7.89. The lowest BCUT2D eigenvalue weighted by molar-refractivity contribution is 0.595. The highest BCUT2D eigenvalue weighted by Gasteiger charge is 2.21. The Bertz CT molecular complexity index is 425. The number of nitrogens with zero attached hydrogens (tertiary/aromatic N) is 2. The minimum atomic E-state index is -3.72. The van der Waals surface area contributed by atoms with Gasteiger partial charge in [-0.15, -0.1) is 12.4 Å². The van der Waals surface area contributed by atoms with Gasteiger partial charge in [0.15, 0.2) is 0 Å². The van der Waals surface area contributed by atoms with Crippen molar-refractivity contribution in [1.29, 1.82) is 0 Å². The monoisotopic (exact) mass is 240 g/mol. The number of hydrogen-bond acceptors (Lipinski definition) is 4. The third-order valence-corrected chi connectivity index (χ3v) is 2.86.